The number of nitrogens with zero attached hydrogens (tertiary/aromatic N) is 1. The molecule has 2 aliphatic rings. The van der Waals surface area contributed by atoms with Crippen LogP contribution in [-0.2, 0) is 4.79 Å². The van der Waals surface area contributed by atoms with Gasteiger partial charge in [0.25, 0.3) is 0 Å². The number of hydrogen-bond donors (Lipinski definition) is 1. The number of amides is 1. The molecule has 0 spiro atoms. The Hall–Kier alpha value is -0.570. The smallest absolute Gasteiger partial charge is 0.225 e. The van der Waals surface area contributed by atoms with Crippen LogP contribution in [0.15, 0.2) is 0 Å². The van der Waals surface area contributed by atoms with Crippen molar-refractivity contribution in [3.05, 3.63) is 0 Å². The predicted molar refractivity (Wildman–Crippen MR) is 53.7 cm³/mol. The third-order valence-corrected chi connectivity index (χ3v) is 3.58. The summed E-state index contributed by atoms with van der Waals surface area (Å²) in [6.07, 6.45) is 2.51. The van der Waals surface area contributed by atoms with E-state index in [1.807, 2.05) is 11.8 Å². The molecule has 2 rings (SSSR count). The Kier molecular flexibility index (Phi) is 2.30. The van der Waals surface area contributed by atoms with Crippen molar-refractivity contribution >= 4 is 5.91 Å². The largest absolute Gasteiger partial charge is 0.390 e. The average Bonchev–Trinajstić information content (AvgIpc) is 2.81. The Balaban J connectivity index is 1.86. The fraction of sp³-hybridized carbons (Fsp3) is 0.909. The molecule has 14 heavy (non-hydrogen) atoms. The van der Waals surface area contributed by atoms with E-state index >= 15 is 0 Å². The van der Waals surface area contributed by atoms with Gasteiger partial charge in [-0.05, 0) is 32.1 Å². The minimum atomic E-state index is -0.550. The average molecular weight is 197 g/mol. The van der Waals surface area contributed by atoms with Gasteiger partial charge in [0.1, 0.15) is 0 Å². The molecule has 2 unspecified atom stereocenters. The van der Waals surface area contributed by atoms with Crippen molar-refractivity contribution in [1.82, 2.24) is 4.90 Å². The van der Waals surface area contributed by atoms with E-state index in [0.717, 1.165) is 32.4 Å². The van der Waals surface area contributed by atoms with E-state index in [9.17, 15) is 9.90 Å². The second kappa shape index (κ2) is 3.23. The van der Waals surface area contributed by atoms with Gasteiger partial charge in [-0.3, -0.25) is 4.79 Å². The number of hydrogen-bond acceptors (Lipinski definition) is 2. The van der Waals surface area contributed by atoms with Crippen LogP contribution in [0.2, 0.25) is 0 Å². The zero-order chi connectivity index (χ0) is 10.3. The molecule has 3 nitrogen and oxygen atoms in total. The molecule has 1 saturated heterocycles. The van der Waals surface area contributed by atoms with Crippen LogP contribution in [0.1, 0.15) is 33.1 Å². The molecule has 1 amide bonds. The lowest BCUT2D eigenvalue weighted by molar-refractivity contribution is -0.136. The van der Waals surface area contributed by atoms with Gasteiger partial charge in [-0.15, -0.1) is 0 Å². The van der Waals surface area contributed by atoms with Crippen molar-refractivity contribution in [2.75, 3.05) is 13.1 Å². The number of carbonyl (C=O) groups excluding carboxylic acids is 1. The second-order valence-corrected chi connectivity index (χ2v) is 5.14. The SMILES string of the molecule is CC1CC1C(=O)N1CCC(C)(O)CC1. The normalized spacial score (nSPS) is 35.5. The maximum absolute atomic E-state index is 11.8. The second-order valence-electron chi connectivity index (χ2n) is 5.14. The number of carbonyl (C=O) groups is 1. The molecule has 1 heterocycles. The van der Waals surface area contributed by atoms with Crippen molar-refractivity contribution in [2.45, 2.75) is 38.7 Å². The van der Waals surface area contributed by atoms with Crippen molar-refractivity contribution in [3.63, 3.8) is 0 Å². The summed E-state index contributed by atoms with van der Waals surface area (Å²) in [6.45, 7) is 5.45. The zero-order valence-electron chi connectivity index (χ0n) is 8.99. The van der Waals surface area contributed by atoms with Crippen molar-refractivity contribution in [2.24, 2.45) is 11.8 Å². The molecule has 3 heteroatoms. The molecule has 1 aliphatic carbocycles. The summed E-state index contributed by atoms with van der Waals surface area (Å²) in [5.41, 5.74) is -0.550. The highest BCUT2D eigenvalue weighted by atomic mass is 16.3. The van der Waals surface area contributed by atoms with Gasteiger partial charge < -0.3 is 10.0 Å². The number of piperidine rings is 1. The first-order valence-corrected chi connectivity index (χ1v) is 5.51. The van der Waals surface area contributed by atoms with Gasteiger partial charge >= 0.3 is 0 Å². The van der Waals surface area contributed by atoms with Crippen LogP contribution in [0.4, 0.5) is 0 Å². The van der Waals surface area contributed by atoms with Crippen LogP contribution in [-0.4, -0.2) is 34.6 Å². The molecule has 1 N–H and O–H groups in total. The number of likely N-dealkylation sites (tertiary alicyclic amines) is 1. The molecule has 80 valence electrons. The standard InChI is InChI=1S/C11H19NO2/c1-8-7-9(8)10(13)12-5-3-11(2,14)4-6-12/h8-9,14H,3-7H2,1-2H3. The Morgan fingerprint density at radius 1 is 1.43 bits per heavy atom. The van der Waals surface area contributed by atoms with Gasteiger partial charge in [-0.1, -0.05) is 6.92 Å². The molecule has 0 radical (unpaired) electrons. The van der Waals surface area contributed by atoms with Crippen LogP contribution in [0.25, 0.3) is 0 Å². The van der Waals surface area contributed by atoms with E-state index in [1.165, 1.54) is 0 Å². The van der Waals surface area contributed by atoms with Gasteiger partial charge in [-0.2, -0.15) is 0 Å². The Morgan fingerprint density at radius 3 is 2.36 bits per heavy atom. The highest BCUT2D eigenvalue weighted by Gasteiger charge is 2.42. The molecule has 2 fully saturated rings. The fourth-order valence-corrected chi connectivity index (χ4v) is 2.11. The molecule has 0 aromatic heterocycles. The first-order valence-electron chi connectivity index (χ1n) is 5.51. The van der Waals surface area contributed by atoms with E-state index in [0.29, 0.717) is 11.8 Å². The number of rotatable bonds is 1. The number of aliphatic hydroxyl groups is 1. The van der Waals surface area contributed by atoms with Gasteiger partial charge in [0.15, 0.2) is 0 Å². The predicted octanol–water partition coefficient (Wildman–Crippen LogP) is 1.02. The van der Waals surface area contributed by atoms with Crippen LogP contribution in [0.5, 0.6) is 0 Å². The lowest BCUT2D eigenvalue weighted by atomic mass is 9.93. The van der Waals surface area contributed by atoms with E-state index in [1.54, 1.807) is 0 Å². The maximum Gasteiger partial charge on any atom is 0.225 e. The molecule has 2 atom stereocenters. The quantitative estimate of drug-likeness (QED) is 0.681. The first-order chi connectivity index (χ1) is 6.49. The third-order valence-electron chi connectivity index (χ3n) is 3.58. The fourth-order valence-electron chi connectivity index (χ4n) is 2.11. The third kappa shape index (κ3) is 1.92. The van der Waals surface area contributed by atoms with E-state index in [2.05, 4.69) is 6.92 Å². The van der Waals surface area contributed by atoms with Crippen LogP contribution in [0.3, 0.4) is 0 Å². The molecular formula is C11H19NO2. The van der Waals surface area contributed by atoms with E-state index < -0.39 is 5.60 Å². The first kappa shape index (κ1) is 9.97. The molecule has 1 saturated carbocycles. The van der Waals surface area contributed by atoms with Gasteiger partial charge in [0.05, 0.1) is 5.60 Å². The van der Waals surface area contributed by atoms with Crippen molar-refractivity contribution < 1.29 is 9.90 Å². The maximum atomic E-state index is 11.8. The summed E-state index contributed by atoms with van der Waals surface area (Å²) in [6, 6.07) is 0. The minimum absolute atomic E-state index is 0.290. The Labute approximate surface area is 85.1 Å². The van der Waals surface area contributed by atoms with E-state index in [-0.39, 0.29) is 5.92 Å². The highest BCUT2D eigenvalue weighted by Crippen LogP contribution is 2.39. The Bertz CT molecular complexity index is 240. The van der Waals surface area contributed by atoms with Gasteiger partial charge in [0, 0.05) is 19.0 Å². The summed E-state index contributed by atoms with van der Waals surface area (Å²) < 4.78 is 0. The van der Waals surface area contributed by atoms with Crippen LogP contribution in [0, 0.1) is 11.8 Å². The molecule has 0 bridgehead atoms. The highest BCUT2D eigenvalue weighted by molar-refractivity contribution is 5.81. The minimum Gasteiger partial charge on any atom is -0.390 e. The van der Waals surface area contributed by atoms with Crippen molar-refractivity contribution in [3.8, 4) is 0 Å². The summed E-state index contributed by atoms with van der Waals surface area (Å²) >= 11 is 0. The molecule has 0 aromatic carbocycles. The van der Waals surface area contributed by atoms with Crippen molar-refractivity contribution in [1.29, 1.82) is 0 Å². The van der Waals surface area contributed by atoms with Gasteiger partial charge in [-0.25, -0.2) is 0 Å². The zero-order valence-corrected chi connectivity index (χ0v) is 8.99. The summed E-state index contributed by atoms with van der Waals surface area (Å²) in [7, 11) is 0. The van der Waals surface area contributed by atoms with Crippen LogP contribution >= 0.6 is 0 Å². The molecular weight excluding hydrogens is 178 g/mol. The lowest BCUT2D eigenvalue weighted by Gasteiger charge is -2.36. The molecule has 0 aromatic rings. The monoisotopic (exact) mass is 197 g/mol. The molecule has 1 aliphatic heterocycles. The van der Waals surface area contributed by atoms with Crippen LogP contribution < -0.4 is 0 Å². The Morgan fingerprint density at radius 2 is 1.93 bits per heavy atom. The van der Waals surface area contributed by atoms with E-state index in [4.69, 9.17) is 0 Å². The summed E-state index contributed by atoms with van der Waals surface area (Å²) in [5.74, 6) is 1.19. The topological polar surface area (TPSA) is 40.5 Å². The van der Waals surface area contributed by atoms with Gasteiger partial charge in [0.2, 0.25) is 5.91 Å². The summed E-state index contributed by atoms with van der Waals surface area (Å²) in [4.78, 5) is 13.7. The lowest BCUT2D eigenvalue weighted by Crippen LogP contribution is -2.45. The summed E-state index contributed by atoms with van der Waals surface area (Å²) in [5, 5.41) is 9.74.